The van der Waals surface area contributed by atoms with Gasteiger partial charge in [-0.2, -0.15) is 5.01 Å². The normalized spacial score (nSPS) is 24.3. The van der Waals surface area contributed by atoms with E-state index in [4.69, 9.17) is 0 Å². The predicted octanol–water partition coefficient (Wildman–Crippen LogP) is 1.25. The van der Waals surface area contributed by atoms with Gasteiger partial charge >= 0.3 is 0 Å². The van der Waals surface area contributed by atoms with Crippen LogP contribution in [0.4, 0.5) is 0 Å². The third-order valence-corrected chi connectivity index (χ3v) is 3.08. The monoisotopic (exact) mass is 175 g/mol. The maximum atomic E-state index is 2.56. The Morgan fingerprint density at radius 3 is 2.31 bits per heavy atom. The minimum Gasteiger partial charge on any atom is -0.230 e. The van der Waals surface area contributed by atoms with Crippen LogP contribution in [0.25, 0.3) is 0 Å². The molecule has 2 fully saturated rings. The largest absolute Gasteiger partial charge is 0.230 e. The molecule has 13 heavy (non-hydrogen) atoms. The third kappa shape index (κ3) is 1.36. The second-order valence-electron chi connectivity index (χ2n) is 4.14. The van der Waals surface area contributed by atoms with Crippen molar-refractivity contribution in [1.82, 2.24) is 5.01 Å². The summed E-state index contributed by atoms with van der Waals surface area (Å²) in [7, 11) is 0. The van der Waals surface area contributed by atoms with Crippen molar-refractivity contribution in [1.29, 1.82) is 0 Å². The van der Waals surface area contributed by atoms with E-state index >= 15 is 0 Å². The summed E-state index contributed by atoms with van der Waals surface area (Å²) in [5.74, 6) is 0. The lowest BCUT2D eigenvalue weighted by Crippen LogP contribution is -2.31. The fourth-order valence-corrected chi connectivity index (χ4v) is 2.05. The topological polar surface area (TPSA) is 3.01 Å². The third-order valence-electron chi connectivity index (χ3n) is 3.08. The highest BCUT2D eigenvalue weighted by atomic mass is 15.9. The molecule has 0 radical (unpaired) electrons. The van der Waals surface area contributed by atoms with Gasteiger partial charge in [0.1, 0.15) is 19.6 Å². The molecular formula is C11H15N2+. The van der Waals surface area contributed by atoms with Gasteiger partial charge in [0.15, 0.2) is 0 Å². The number of nitrogens with zero attached hydrogens (tertiary/aromatic N) is 2. The molecule has 0 atom stereocenters. The van der Waals surface area contributed by atoms with Crippen LogP contribution in [0.5, 0.6) is 0 Å². The van der Waals surface area contributed by atoms with E-state index in [9.17, 15) is 0 Å². The van der Waals surface area contributed by atoms with Crippen LogP contribution in [0.1, 0.15) is 5.56 Å². The van der Waals surface area contributed by atoms with Gasteiger partial charge in [-0.05, 0) is 0 Å². The summed E-state index contributed by atoms with van der Waals surface area (Å²) in [5, 5.41) is 2.56. The molecule has 1 aromatic carbocycles. The fraction of sp³-hybridized carbons (Fsp3) is 0.455. The Kier molecular flexibility index (Phi) is 1.49. The summed E-state index contributed by atoms with van der Waals surface area (Å²) < 4.78 is 1.24. The van der Waals surface area contributed by atoms with Crippen molar-refractivity contribution >= 4 is 0 Å². The molecule has 2 heterocycles. The van der Waals surface area contributed by atoms with Crippen molar-refractivity contribution in [3.63, 3.8) is 0 Å². The van der Waals surface area contributed by atoms with Crippen LogP contribution < -0.4 is 0 Å². The molecule has 0 saturated carbocycles. The lowest BCUT2D eigenvalue weighted by Gasteiger charge is -2.17. The number of rotatable bonds is 3. The maximum absolute atomic E-state index is 2.56. The van der Waals surface area contributed by atoms with Gasteiger partial charge < -0.3 is 0 Å². The van der Waals surface area contributed by atoms with Gasteiger partial charge in [-0.15, -0.1) is 0 Å². The lowest BCUT2D eigenvalue weighted by molar-refractivity contribution is -0.914. The molecule has 0 bridgehead atoms. The van der Waals surface area contributed by atoms with Gasteiger partial charge in [0.25, 0.3) is 0 Å². The molecule has 0 spiro atoms. The van der Waals surface area contributed by atoms with Crippen LogP contribution in [0, 0.1) is 0 Å². The van der Waals surface area contributed by atoms with Crippen LogP contribution in [0.3, 0.4) is 0 Å². The molecule has 0 N–H and O–H groups in total. The van der Waals surface area contributed by atoms with Crippen LogP contribution in [-0.2, 0) is 6.54 Å². The van der Waals surface area contributed by atoms with Crippen LogP contribution in [0.2, 0.25) is 0 Å². The fourth-order valence-electron chi connectivity index (χ4n) is 2.05. The lowest BCUT2D eigenvalue weighted by atomic mass is 10.2. The van der Waals surface area contributed by atoms with Gasteiger partial charge in [-0.1, -0.05) is 30.3 Å². The summed E-state index contributed by atoms with van der Waals surface area (Å²) in [6.07, 6.45) is 0. The first-order valence-corrected chi connectivity index (χ1v) is 5.05. The summed E-state index contributed by atoms with van der Waals surface area (Å²) in [5.41, 5.74) is 1.48. The van der Waals surface area contributed by atoms with Crippen molar-refractivity contribution in [3.8, 4) is 0 Å². The highest BCUT2D eigenvalue weighted by Crippen LogP contribution is 2.33. The van der Waals surface area contributed by atoms with Gasteiger partial charge in [-0.25, -0.2) is 4.59 Å². The molecular weight excluding hydrogens is 160 g/mol. The van der Waals surface area contributed by atoms with Crippen molar-refractivity contribution in [2.45, 2.75) is 6.54 Å². The van der Waals surface area contributed by atoms with Gasteiger partial charge in [-0.3, -0.25) is 0 Å². The Balaban J connectivity index is 1.75. The second kappa shape index (κ2) is 2.56. The summed E-state index contributed by atoms with van der Waals surface area (Å²) >= 11 is 0. The SMILES string of the molecule is c1ccc(C[N+]2(N3CC3)CC2)cc1. The standard InChI is InChI=1S/C11H15N2/c1-2-4-11(5-3-1)10-13(8-9-13)12-6-7-12/h1-5H,6-10H2/q+1. The smallest absolute Gasteiger partial charge is 0.148 e. The Labute approximate surface area is 78.9 Å². The molecule has 2 saturated heterocycles. The second-order valence-corrected chi connectivity index (χ2v) is 4.14. The van der Waals surface area contributed by atoms with E-state index in [1.807, 2.05) is 0 Å². The van der Waals surface area contributed by atoms with Gasteiger partial charge in [0.05, 0.1) is 13.1 Å². The minimum atomic E-state index is 1.21. The molecule has 2 nitrogen and oxygen atoms in total. The number of hydrogen-bond acceptors (Lipinski definition) is 1. The van der Waals surface area contributed by atoms with E-state index in [0.29, 0.717) is 0 Å². The molecule has 0 amide bonds. The average molecular weight is 175 g/mol. The zero-order valence-electron chi connectivity index (χ0n) is 7.82. The molecule has 3 rings (SSSR count). The van der Waals surface area contributed by atoms with E-state index in [1.54, 1.807) is 0 Å². The summed E-state index contributed by atoms with van der Waals surface area (Å²) in [6, 6.07) is 10.8. The van der Waals surface area contributed by atoms with E-state index in [2.05, 4.69) is 35.3 Å². The van der Waals surface area contributed by atoms with Crippen molar-refractivity contribution in [2.24, 2.45) is 0 Å². The van der Waals surface area contributed by atoms with Crippen molar-refractivity contribution in [2.75, 3.05) is 26.2 Å². The van der Waals surface area contributed by atoms with E-state index < -0.39 is 0 Å². The van der Waals surface area contributed by atoms with E-state index in [-0.39, 0.29) is 0 Å². The van der Waals surface area contributed by atoms with E-state index in [1.165, 1.54) is 42.9 Å². The molecule has 68 valence electrons. The molecule has 1 aromatic rings. The van der Waals surface area contributed by atoms with Gasteiger partial charge in [0.2, 0.25) is 0 Å². The van der Waals surface area contributed by atoms with E-state index in [0.717, 1.165) is 0 Å². The van der Waals surface area contributed by atoms with Gasteiger partial charge in [0, 0.05) is 5.56 Å². The summed E-state index contributed by atoms with van der Waals surface area (Å²) in [4.78, 5) is 0. The molecule has 0 unspecified atom stereocenters. The molecule has 2 aliphatic rings. The average Bonchev–Trinajstić information content (AvgIpc) is 3.00. The van der Waals surface area contributed by atoms with Crippen LogP contribution in [-0.4, -0.2) is 35.8 Å². The summed E-state index contributed by atoms with van der Waals surface area (Å²) in [6.45, 7) is 6.55. The minimum absolute atomic E-state index is 1.21. The van der Waals surface area contributed by atoms with Crippen LogP contribution in [0.15, 0.2) is 30.3 Å². The maximum Gasteiger partial charge on any atom is 0.148 e. The first kappa shape index (κ1) is 7.54. The number of hydrogen-bond donors (Lipinski definition) is 0. The van der Waals surface area contributed by atoms with Crippen LogP contribution >= 0.6 is 0 Å². The zero-order chi connectivity index (χ0) is 8.73. The Bertz CT molecular complexity index is 299. The molecule has 0 aromatic heterocycles. The Morgan fingerprint density at radius 1 is 1.08 bits per heavy atom. The molecule has 2 heteroatoms. The first-order valence-electron chi connectivity index (χ1n) is 5.05. The first-order chi connectivity index (χ1) is 6.39. The Hall–Kier alpha value is -0.860. The molecule has 0 aliphatic carbocycles. The number of quaternary nitrogens is 1. The predicted molar refractivity (Wildman–Crippen MR) is 51.7 cm³/mol. The number of benzene rings is 1. The Morgan fingerprint density at radius 2 is 1.77 bits per heavy atom. The zero-order valence-corrected chi connectivity index (χ0v) is 7.82. The molecule has 2 aliphatic heterocycles. The quantitative estimate of drug-likeness (QED) is 0.493. The van der Waals surface area contributed by atoms with Crippen molar-refractivity contribution in [3.05, 3.63) is 35.9 Å². The highest BCUT2D eigenvalue weighted by Gasteiger charge is 2.53. The highest BCUT2D eigenvalue weighted by molar-refractivity contribution is 5.13. The van der Waals surface area contributed by atoms with Crippen molar-refractivity contribution < 1.29 is 4.59 Å².